The summed E-state index contributed by atoms with van der Waals surface area (Å²) in [4.78, 5) is 12.0. The van der Waals surface area contributed by atoms with Crippen LogP contribution >= 0.6 is 0 Å². The van der Waals surface area contributed by atoms with Crippen LogP contribution in [0.5, 0.6) is 5.75 Å². The van der Waals surface area contributed by atoms with Gasteiger partial charge in [-0.05, 0) is 49.2 Å². The smallest absolute Gasteiger partial charge is 0.260 e. The van der Waals surface area contributed by atoms with Gasteiger partial charge in [-0.2, -0.15) is 5.26 Å². The molecular weight excluding hydrogens is 295 g/mol. The van der Waals surface area contributed by atoms with E-state index < -0.39 is 6.10 Å². The number of carbonyl (C=O) groups is 1. The van der Waals surface area contributed by atoms with Gasteiger partial charge in [0.15, 0.2) is 6.10 Å². The Morgan fingerprint density at radius 3 is 2.74 bits per heavy atom. The maximum absolute atomic E-state index is 12.8. The SMILES string of the molecule is CC(Oc1cccc(C#N)c1)C(=O)NCCc1ccc(F)cc1. The number of carbonyl (C=O) groups excluding carboxylic acids is 1. The first-order chi connectivity index (χ1) is 11.1. The van der Waals surface area contributed by atoms with Crippen LogP contribution in [-0.4, -0.2) is 18.6 Å². The monoisotopic (exact) mass is 312 g/mol. The second-order valence-electron chi connectivity index (χ2n) is 5.07. The van der Waals surface area contributed by atoms with Gasteiger partial charge in [0.05, 0.1) is 11.6 Å². The number of amides is 1. The topological polar surface area (TPSA) is 62.1 Å². The second kappa shape index (κ2) is 7.95. The summed E-state index contributed by atoms with van der Waals surface area (Å²) in [6.07, 6.45) is -0.0555. The minimum Gasteiger partial charge on any atom is -0.481 e. The zero-order valence-electron chi connectivity index (χ0n) is 12.8. The molecule has 2 aromatic carbocycles. The van der Waals surface area contributed by atoms with Crippen molar-refractivity contribution in [3.05, 3.63) is 65.5 Å². The lowest BCUT2D eigenvalue weighted by atomic mass is 10.1. The molecule has 0 aromatic heterocycles. The highest BCUT2D eigenvalue weighted by Gasteiger charge is 2.14. The maximum atomic E-state index is 12.8. The van der Waals surface area contributed by atoms with Crippen molar-refractivity contribution >= 4 is 5.91 Å². The van der Waals surface area contributed by atoms with Crippen LogP contribution in [0.25, 0.3) is 0 Å². The predicted octanol–water partition coefficient (Wildman–Crippen LogP) is 2.82. The van der Waals surface area contributed by atoms with Crippen molar-refractivity contribution in [2.75, 3.05) is 6.54 Å². The average molecular weight is 312 g/mol. The number of nitrogens with one attached hydrogen (secondary N) is 1. The minimum absolute atomic E-state index is 0.241. The van der Waals surface area contributed by atoms with Crippen LogP contribution in [-0.2, 0) is 11.2 Å². The average Bonchev–Trinajstić information content (AvgIpc) is 2.56. The zero-order valence-corrected chi connectivity index (χ0v) is 12.8. The first-order valence-corrected chi connectivity index (χ1v) is 7.27. The summed E-state index contributed by atoms with van der Waals surface area (Å²) in [6.45, 7) is 2.09. The van der Waals surface area contributed by atoms with E-state index in [0.717, 1.165) is 5.56 Å². The lowest BCUT2D eigenvalue weighted by Crippen LogP contribution is -2.37. The Morgan fingerprint density at radius 2 is 2.04 bits per heavy atom. The molecule has 0 aliphatic heterocycles. The van der Waals surface area contributed by atoms with E-state index in [-0.39, 0.29) is 11.7 Å². The summed E-state index contributed by atoms with van der Waals surface area (Å²) >= 11 is 0. The number of rotatable bonds is 6. The molecule has 1 amide bonds. The van der Waals surface area contributed by atoms with Gasteiger partial charge in [-0.25, -0.2) is 4.39 Å². The summed E-state index contributed by atoms with van der Waals surface area (Å²) in [5.41, 5.74) is 1.42. The molecule has 0 saturated carbocycles. The summed E-state index contributed by atoms with van der Waals surface area (Å²) < 4.78 is 18.3. The van der Waals surface area contributed by atoms with Crippen molar-refractivity contribution in [3.8, 4) is 11.8 Å². The van der Waals surface area contributed by atoms with E-state index in [1.807, 2.05) is 6.07 Å². The molecule has 1 atom stereocenters. The fourth-order valence-corrected chi connectivity index (χ4v) is 2.02. The van der Waals surface area contributed by atoms with Gasteiger partial charge in [0.1, 0.15) is 11.6 Å². The number of hydrogen-bond acceptors (Lipinski definition) is 3. The van der Waals surface area contributed by atoms with Crippen LogP contribution < -0.4 is 10.1 Å². The van der Waals surface area contributed by atoms with Gasteiger partial charge in [-0.15, -0.1) is 0 Å². The molecule has 1 unspecified atom stereocenters. The third-order valence-corrected chi connectivity index (χ3v) is 3.27. The Morgan fingerprint density at radius 1 is 1.30 bits per heavy atom. The highest BCUT2D eigenvalue weighted by atomic mass is 19.1. The molecule has 0 fully saturated rings. The molecule has 0 saturated heterocycles. The van der Waals surface area contributed by atoms with Gasteiger partial charge in [0, 0.05) is 6.54 Å². The van der Waals surface area contributed by atoms with Gasteiger partial charge in [-0.1, -0.05) is 18.2 Å². The molecule has 0 aliphatic carbocycles. The number of nitrogens with zero attached hydrogens (tertiary/aromatic N) is 1. The van der Waals surface area contributed by atoms with Crippen molar-refractivity contribution in [2.45, 2.75) is 19.4 Å². The van der Waals surface area contributed by atoms with E-state index in [4.69, 9.17) is 10.00 Å². The highest BCUT2D eigenvalue weighted by molar-refractivity contribution is 5.80. The van der Waals surface area contributed by atoms with E-state index >= 15 is 0 Å². The maximum Gasteiger partial charge on any atom is 0.260 e. The Bertz CT molecular complexity index is 708. The number of hydrogen-bond donors (Lipinski definition) is 1. The Kier molecular flexibility index (Phi) is 5.70. The Balaban J connectivity index is 1.80. The van der Waals surface area contributed by atoms with Crippen molar-refractivity contribution in [3.63, 3.8) is 0 Å². The van der Waals surface area contributed by atoms with Gasteiger partial charge in [0.2, 0.25) is 0 Å². The van der Waals surface area contributed by atoms with E-state index in [2.05, 4.69) is 5.32 Å². The van der Waals surface area contributed by atoms with Gasteiger partial charge in [-0.3, -0.25) is 4.79 Å². The molecule has 118 valence electrons. The van der Waals surface area contributed by atoms with Crippen LogP contribution in [0.2, 0.25) is 0 Å². The van der Waals surface area contributed by atoms with Crippen LogP contribution in [0.1, 0.15) is 18.1 Å². The Hall–Kier alpha value is -2.87. The fourth-order valence-electron chi connectivity index (χ4n) is 2.02. The molecule has 0 bridgehead atoms. The molecule has 1 N–H and O–H groups in total. The summed E-state index contributed by atoms with van der Waals surface area (Å²) in [7, 11) is 0. The van der Waals surface area contributed by atoms with Crippen molar-refractivity contribution < 1.29 is 13.9 Å². The summed E-state index contributed by atoms with van der Waals surface area (Å²) in [5, 5.41) is 11.6. The number of nitriles is 1. The zero-order chi connectivity index (χ0) is 16.7. The quantitative estimate of drug-likeness (QED) is 0.892. The molecule has 5 heteroatoms. The first kappa shape index (κ1) is 16.5. The van der Waals surface area contributed by atoms with E-state index in [9.17, 15) is 9.18 Å². The molecule has 2 aromatic rings. The van der Waals surface area contributed by atoms with Crippen molar-refractivity contribution in [1.82, 2.24) is 5.32 Å². The van der Waals surface area contributed by atoms with E-state index in [1.54, 1.807) is 43.3 Å². The molecule has 0 radical (unpaired) electrons. The van der Waals surface area contributed by atoms with Crippen molar-refractivity contribution in [1.29, 1.82) is 5.26 Å². The van der Waals surface area contributed by atoms with Crippen LogP contribution in [0.15, 0.2) is 48.5 Å². The first-order valence-electron chi connectivity index (χ1n) is 7.27. The molecule has 23 heavy (non-hydrogen) atoms. The summed E-state index contributed by atoms with van der Waals surface area (Å²) in [5.74, 6) is -0.0425. The number of ether oxygens (including phenoxy) is 1. The molecule has 2 rings (SSSR count). The lowest BCUT2D eigenvalue weighted by molar-refractivity contribution is -0.127. The normalized spacial score (nSPS) is 11.3. The molecule has 0 spiro atoms. The second-order valence-corrected chi connectivity index (χ2v) is 5.07. The van der Waals surface area contributed by atoms with Gasteiger partial charge in [0.25, 0.3) is 5.91 Å². The Labute approximate surface area is 134 Å². The fraction of sp³-hybridized carbons (Fsp3) is 0.222. The predicted molar refractivity (Wildman–Crippen MR) is 84.4 cm³/mol. The number of benzene rings is 2. The highest BCUT2D eigenvalue weighted by Crippen LogP contribution is 2.14. The number of halogens is 1. The molecule has 0 aliphatic rings. The van der Waals surface area contributed by atoms with Crippen molar-refractivity contribution in [2.24, 2.45) is 0 Å². The molecular formula is C18H17FN2O2. The van der Waals surface area contributed by atoms with Crippen LogP contribution in [0.4, 0.5) is 4.39 Å². The van der Waals surface area contributed by atoms with Crippen LogP contribution in [0.3, 0.4) is 0 Å². The van der Waals surface area contributed by atoms with Gasteiger partial charge < -0.3 is 10.1 Å². The largest absolute Gasteiger partial charge is 0.481 e. The summed E-state index contributed by atoms with van der Waals surface area (Å²) in [6, 6.07) is 14.8. The lowest BCUT2D eigenvalue weighted by Gasteiger charge is -2.14. The van der Waals surface area contributed by atoms with E-state index in [1.165, 1.54) is 12.1 Å². The van der Waals surface area contributed by atoms with E-state index in [0.29, 0.717) is 24.3 Å². The molecule has 0 heterocycles. The third-order valence-electron chi connectivity index (χ3n) is 3.27. The standard InChI is InChI=1S/C18H17FN2O2/c1-13(23-17-4-2-3-15(11-17)12-20)18(22)21-10-9-14-5-7-16(19)8-6-14/h2-8,11,13H,9-10H2,1H3,(H,21,22). The minimum atomic E-state index is -0.669. The molecule has 4 nitrogen and oxygen atoms in total. The van der Waals surface area contributed by atoms with Gasteiger partial charge >= 0.3 is 0 Å². The third kappa shape index (κ3) is 5.11. The van der Waals surface area contributed by atoms with Crippen LogP contribution in [0, 0.1) is 17.1 Å².